The Hall–Kier alpha value is 0.222. The minimum atomic E-state index is 0. The summed E-state index contributed by atoms with van der Waals surface area (Å²) in [6.07, 6.45) is 0. The molecule has 11 heavy (non-hydrogen) atoms. The van der Waals surface area contributed by atoms with Gasteiger partial charge in [-0.25, -0.2) is 0 Å². The molecule has 0 saturated carbocycles. The van der Waals surface area contributed by atoms with Gasteiger partial charge in [0.1, 0.15) is 10.2 Å². The smallest absolute Gasteiger partial charge is 0.584 e. The summed E-state index contributed by atoms with van der Waals surface area (Å²) in [7, 11) is 0. The van der Waals surface area contributed by atoms with E-state index in [1.807, 2.05) is 0 Å². The zero-order chi connectivity index (χ0) is 8.57. The van der Waals surface area contributed by atoms with Crippen molar-refractivity contribution in [2.24, 2.45) is 11.5 Å². The summed E-state index contributed by atoms with van der Waals surface area (Å²) in [5, 5.41) is 0.00926. The Labute approximate surface area is 95.5 Å². The maximum atomic E-state index is 6.14. The molecule has 8 N–H and O–H groups in total. The SMILES string of the molecule is [Cd+2].[NH-]NC(N)=S.[NH-]NC(N)=S. The van der Waals surface area contributed by atoms with E-state index in [1.165, 1.54) is 0 Å². The fourth-order valence-electron chi connectivity index (χ4n) is 0. The van der Waals surface area contributed by atoms with Crippen LogP contribution in [0.5, 0.6) is 0 Å². The molecular formula is C2H8CdN6S2. The molecule has 0 rings (SSSR count). The topological polar surface area (TPSA) is 124 Å². The Kier molecular flexibility index (Phi) is 20.3. The molecule has 0 heterocycles. The van der Waals surface area contributed by atoms with Crippen molar-refractivity contribution in [2.75, 3.05) is 0 Å². The van der Waals surface area contributed by atoms with Crippen LogP contribution in [0.3, 0.4) is 0 Å². The van der Waals surface area contributed by atoms with Gasteiger partial charge in [-0.3, -0.25) is 0 Å². The number of thiocarbonyl (C=S) groups is 2. The van der Waals surface area contributed by atoms with E-state index >= 15 is 0 Å². The number of hydrogen-bond donors (Lipinski definition) is 4. The molecule has 0 aliphatic heterocycles. The van der Waals surface area contributed by atoms with E-state index in [1.54, 1.807) is 10.9 Å². The van der Waals surface area contributed by atoms with Gasteiger partial charge in [0.15, 0.2) is 0 Å². The van der Waals surface area contributed by atoms with Gasteiger partial charge >= 0.3 is 27.3 Å². The van der Waals surface area contributed by atoms with Crippen LogP contribution in [-0.2, 0) is 27.3 Å². The number of rotatable bonds is 0. The third-order valence-corrected chi connectivity index (χ3v) is 0.451. The predicted octanol–water partition coefficient (Wildman–Crippen LogP) is -0.429. The molecule has 0 atom stereocenters. The number of hydrogen-bond acceptors (Lipinski definition) is 2. The van der Waals surface area contributed by atoms with Gasteiger partial charge in [0, 0.05) is 0 Å². The zero-order valence-electron chi connectivity index (χ0n) is 5.68. The third kappa shape index (κ3) is 38.8. The molecule has 0 bridgehead atoms. The first-order valence-electron chi connectivity index (χ1n) is 1.99. The molecule has 0 fully saturated rings. The van der Waals surface area contributed by atoms with Crippen LogP contribution in [0.25, 0.3) is 11.7 Å². The molecule has 0 aliphatic rings. The summed E-state index contributed by atoms with van der Waals surface area (Å²) in [6, 6.07) is 0. The van der Waals surface area contributed by atoms with Crippen molar-refractivity contribution in [1.29, 1.82) is 0 Å². The van der Waals surface area contributed by atoms with E-state index in [0.717, 1.165) is 0 Å². The van der Waals surface area contributed by atoms with Crippen molar-refractivity contribution in [1.82, 2.24) is 10.9 Å². The first kappa shape index (κ1) is 17.3. The molecule has 0 aromatic rings. The van der Waals surface area contributed by atoms with Crippen LogP contribution in [-0.4, -0.2) is 10.2 Å². The molecule has 60 valence electrons. The second-order valence-corrected chi connectivity index (χ2v) is 1.86. The zero-order valence-corrected chi connectivity index (χ0v) is 11.3. The fraction of sp³-hybridized carbons (Fsp3) is 0. The summed E-state index contributed by atoms with van der Waals surface area (Å²) >= 11 is 8.35. The summed E-state index contributed by atoms with van der Waals surface area (Å²) < 4.78 is 0. The Balaban J connectivity index is -0.000000107. The van der Waals surface area contributed by atoms with Crippen LogP contribution in [0.1, 0.15) is 0 Å². The van der Waals surface area contributed by atoms with E-state index in [2.05, 4.69) is 24.4 Å². The maximum absolute atomic E-state index is 6.14. The minimum Gasteiger partial charge on any atom is -0.584 e. The van der Waals surface area contributed by atoms with Gasteiger partial charge in [-0.15, -0.1) is 0 Å². The van der Waals surface area contributed by atoms with E-state index < -0.39 is 0 Å². The molecule has 0 aromatic heterocycles. The molecule has 0 unspecified atom stereocenters. The summed E-state index contributed by atoms with van der Waals surface area (Å²) in [4.78, 5) is 0. The molecule has 0 radical (unpaired) electrons. The Bertz CT molecular complexity index is 103. The van der Waals surface area contributed by atoms with Gasteiger partial charge in [-0.1, -0.05) is 0 Å². The van der Waals surface area contributed by atoms with E-state index in [-0.39, 0.29) is 37.5 Å². The van der Waals surface area contributed by atoms with Crippen LogP contribution in [0, 0.1) is 0 Å². The third-order valence-electron chi connectivity index (χ3n) is 0.246. The van der Waals surface area contributed by atoms with Crippen molar-refractivity contribution in [3.8, 4) is 0 Å². The monoisotopic (exact) mass is 294 g/mol. The standard InChI is InChI=1S/2CH4N3S.Cd/c2*2-1(5)4-3;/h2*3H,(H3,2,4,5);/q2*-1;+2. The van der Waals surface area contributed by atoms with E-state index in [0.29, 0.717) is 0 Å². The molecular weight excluding hydrogens is 285 g/mol. The summed E-state index contributed by atoms with van der Waals surface area (Å²) in [6.45, 7) is 0. The molecule has 0 saturated heterocycles. The molecule has 0 aliphatic carbocycles. The van der Waals surface area contributed by atoms with Crippen LogP contribution >= 0.6 is 24.4 Å². The van der Waals surface area contributed by atoms with Crippen LogP contribution < -0.4 is 22.3 Å². The maximum Gasteiger partial charge on any atom is 2.00 e. The van der Waals surface area contributed by atoms with Gasteiger partial charge in [0.2, 0.25) is 0 Å². The van der Waals surface area contributed by atoms with Crippen molar-refractivity contribution in [3.05, 3.63) is 11.7 Å². The largest absolute Gasteiger partial charge is 2.00 e. The molecule has 9 heteroatoms. The minimum absolute atomic E-state index is 0. The van der Waals surface area contributed by atoms with Crippen LogP contribution in [0.15, 0.2) is 0 Å². The van der Waals surface area contributed by atoms with Gasteiger partial charge in [0.25, 0.3) is 0 Å². The van der Waals surface area contributed by atoms with E-state index in [4.69, 9.17) is 23.2 Å². The van der Waals surface area contributed by atoms with Crippen molar-refractivity contribution in [2.45, 2.75) is 0 Å². The van der Waals surface area contributed by atoms with Crippen LogP contribution in [0.4, 0.5) is 0 Å². The fourth-order valence-corrected chi connectivity index (χ4v) is 0. The number of nitrogens with two attached hydrogens (primary N) is 2. The Morgan fingerprint density at radius 2 is 1.09 bits per heavy atom. The Morgan fingerprint density at radius 3 is 1.09 bits per heavy atom. The summed E-state index contributed by atoms with van der Waals surface area (Å²) in [5.41, 5.74) is 13.0. The van der Waals surface area contributed by atoms with Gasteiger partial charge in [0.05, 0.1) is 0 Å². The van der Waals surface area contributed by atoms with E-state index in [9.17, 15) is 0 Å². The second kappa shape index (κ2) is 12.9. The van der Waals surface area contributed by atoms with Gasteiger partial charge < -0.3 is 34.0 Å². The quantitative estimate of drug-likeness (QED) is 0.273. The molecule has 0 spiro atoms. The first-order chi connectivity index (χ1) is 4.54. The first-order valence-corrected chi connectivity index (χ1v) is 2.80. The molecule has 0 aromatic carbocycles. The van der Waals surface area contributed by atoms with Crippen molar-refractivity contribution >= 4 is 34.7 Å². The normalized spacial score (nSPS) is 6.00. The molecule has 0 amide bonds. The van der Waals surface area contributed by atoms with Crippen molar-refractivity contribution in [3.63, 3.8) is 0 Å². The average molecular weight is 293 g/mol. The predicted molar refractivity (Wildman–Crippen MR) is 48.5 cm³/mol. The molecule has 6 nitrogen and oxygen atoms in total. The van der Waals surface area contributed by atoms with Gasteiger partial charge in [-0.05, 0) is 24.4 Å². The van der Waals surface area contributed by atoms with Crippen molar-refractivity contribution < 1.29 is 27.3 Å². The van der Waals surface area contributed by atoms with Crippen LogP contribution in [0.2, 0.25) is 0 Å². The van der Waals surface area contributed by atoms with Gasteiger partial charge in [-0.2, -0.15) is 0 Å². The summed E-state index contributed by atoms with van der Waals surface area (Å²) in [5.74, 6) is 12.3. The Morgan fingerprint density at radius 1 is 1.00 bits per heavy atom. The average Bonchev–Trinajstić information content (AvgIpc) is 1.89. The second-order valence-electron chi connectivity index (χ2n) is 0.979. The number of nitrogens with one attached hydrogen (secondary N) is 4.